The highest BCUT2D eigenvalue weighted by Crippen LogP contribution is 2.24. The van der Waals surface area contributed by atoms with E-state index in [9.17, 15) is 0 Å². The quantitative estimate of drug-likeness (QED) is 0.892. The van der Waals surface area contributed by atoms with Gasteiger partial charge in [0, 0.05) is 23.7 Å². The molecule has 0 saturated carbocycles. The van der Waals surface area contributed by atoms with Gasteiger partial charge in [0.25, 0.3) is 0 Å². The first-order chi connectivity index (χ1) is 11.2. The number of thioether (sulfide) groups is 1. The number of nitrogens with zero attached hydrogens (tertiary/aromatic N) is 4. The van der Waals surface area contributed by atoms with E-state index >= 15 is 0 Å². The highest BCUT2D eigenvalue weighted by molar-refractivity contribution is 7.99. The van der Waals surface area contributed by atoms with Crippen LogP contribution >= 0.6 is 11.8 Å². The summed E-state index contributed by atoms with van der Waals surface area (Å²) in [6.07, 6.45) is 4.03. The monoisotopic (exact) mass is 328 g/mol. The van der Waals surface area contributed by atoms with Gasteiger partial charge in [-0.3, -0.25) is 0 Å². The van der Waals surface area contributed by atoms with Crippen LogP contribution in [0.2, 0.25) is 0 Å². The third-order valence-corrected chi connectivity index (χ3v) is 4.71. The average molecular weight is 328 g/mol. The van der Waals surface area contributed by atoms with Crippen molar-refractivity contribution in [1.29, 1.82) is 5.26 Å². The van der Waals surface area contributed by atoms with E-state index < -0.39 is 0 Å². The van der Waals surface area contributed by atoms with Gasteiger partial charge in [0.1, 0.15) is 17.3 Å². The number of anilines is 2. The second kappa shape index (κ2) is 7.01. The molecule has 0 bridgehead atoms. The van der Waals surface area contributed by atoms with Crippen LogP contribution in [0.3, 0.4) is 0 Å². The predicted molar refractivity (Wildman–Crippen MR) is 94.8 cm³/mol. The molecule has 0 radical (unpaired) electrons. The van der Waals surface area contributed by atoms with Crippen molar-refractivity contribution in [3.05, 3.63) is 18.0 Å². The van der Waals surface area contributed by atoms with Crippen LogP contribution in [0.5, 0.6) is 0 Å². The molecule has 1 fully saturated rings. The molecule has 0 spiro atoms. The first-order valence-electron chi connectivity index (χ1n) is 7.84. The van der Waals surface area contributed by atoms with Crippen molar-refractivity contribution in [2.24, 2.45) is 0 Å². The topological polar surface area (TPSA) is 86.5 Å². The largest absolute Gasteiger partial charge is 0.366 e. The van der Waals surface area contributed by atoms with Crippen molar-refractivity contribution >= 4 is 34.4 Å². The number of fused-ring (bicyclic) bond motifs is 1. The maximum atomic E-state index is 9.13. The predicted octanol–water partition coefficient (Wildman–Crippen LogP) is 3.02. The van der Waals surface area contributed by atoms with Gasteiger partial charge in [-0.05, 0) is 44.3 Å². The van der Waals surface area contributed by atoms with E-state index in [1.54, 1.807) is 12.3 Å². The van der Waals surface area contributed by atoms with Gasteiger partial charge in [0.05, 0.1) is 0 Å². The zero-order valence-corrected chi connectivity index (χ0v) is 14.2. The highest BCUT2D eigenvalue weighted by atomic mass is 32.2. The highest BCUT2D eigenvalue weighted by Gasteiger charge is 2.16. The SMILES string of the molecule is CC(C)Nc1nc(C#N)cc2cnc(NC3CCSCC3)nc12. The summed E-state index contributed by atoms with van der Waals surface area (Å²) in [6, 6.07) is 4.45. The van der Waals surface area contributed by atoms with Gasteiger partial charge in [-0.1, -0.05) is 0 Å². The Bertz CT molecular complexity index is 733. The Balaban J connectivity index is 1.94. The molecule has 2 N–H and O–H groups in total. The van der Waals surface area contributed by atoms with Crippen molar-refractivity contribution in [3.8, 4) is 6.07 Å². The van der Waals surface area contributed by atoms with E-state index in [0.29, 0.717) is 23.5 Å². The zero-order chi connectivity index (χ0) is 16.2. The fourth-order valence-corrected chi connectivity index (χ4v) is 3.67. The molecule has 23 heavy (non-hydrogen) atoms. The summed E-state index contributed by atoms with van der Waals surface area (Å²) in [5.74, 6) is 3.63. The van der Waals surface area contributed by atoms with Crippen molar-refractivity contribution in [1.82, 2.24) is 15.0 Å². The fraction of sp³-hybridized carbons (Fsp3) is 0.500. The summed E-state index contributed by atoms with van der Waals surface area (Å²) < 4.78 is 0. The summed E-state index contributed by atoms with van der Waals surface area (Å²) in [7, 11) is 0. The summed E-state index contributed by atoms with van der Waals surface area (Å²) in [5, 5.41) is 16.7. The normalized spacial score (nSPS) is 15.6. The molecule has 6 nitrogen and oxygen atoms in total. The third kappa shape index (κ3) is 3.82. The van der Waals surface area contributed by atoms with Gasteiger partial charge in [0.15, 0.2) is 5.82 Å². The minimum atomic E-state index is 0.210. The van der Waals surface area contributed by atoms with Crippen molar-refractivity contribution in [3.63, 3.8) is 0 Å². The van der Waals surface area contributed by atoms with E-state index in [1.807, 2.05) is 25.6 Å². The number of aromatic nitrogens is 3. The Morgan fingerprint density at radius 3 is 2.78 bits per heavy atom. The van der Waals surface area contributed by atoms with Gasteiger partial charge in [-0.2, -0.15) is 17.0 Å². The maximum absolute atomic E-state index is 9.13. The number of pyridine rings is 1. The van der Waals surface area contributed by atoms with E-state index in [0.717, 1.165) is 23.7 Å². The second-order valence-electron chi connectivity index (χ2n) is 5.93. The summed E-state index contributed by atoms with van der Waals surface area (Å²) in [6.45, 7) is 4.07. The van der Waals surface area contributed by atoms with Crippen molar-refractivity contribution in [2.75, 3.05) is 22.1 Å². The van der Waals surface area contributed by atoms with Crippen molar-refractivity contribution in [2.45, 2.75) is 38.8 Å². The smallest absolute Gasteiger partial charge is 0.223 e. The Labute approximate surface area is 140 Å². The van der Waals surface area contributed by atoms with Gasteiger partial charge in [-0.25, -0.2) is 15.0 Å². The molecule has 0 aromatic carbocycles. The fourth-order valence-electron chi connectivity index (χ4n) is 2.56. The van der Waals surface area contributed by atoms with Crippen LogP contribution < -0.4 is 10.6 Å². The molecular formula is C16H20N6S. The average Bonchev–Trinajstić information content (AvgIpc) is 2.55. The number of hydrogen-bond donors (Lipinski definition) is 2. The Kier molecular flexibility index (Phi) is 4.82. The zero-order valence-electron chi connectivity index (χ0n) is 13.3. The van der Waals surface area contributed by atoms with Crippen LogP contribution in [0.1, 0.15) is 32.4 Å². The molecule has 7 heteroatoms. The van der Waals surface area contributed by atoms with Gasteiger partial charge >= 0.3 is 0 Å². The molecule has 2 aromatic heterocycles. The van der Waals surface area contributed by atoms with E-state index in [-0.39, 0.29) is 6.04 Å². The van der Waals surface area contributed by atoms with Gasteiger partial charge in [-0.15, -0.1) is 0 Å². The van der Waals surface area contributed by atoms with Gasteiger partial charge < -0.3 is 10.6 Å². The molecule has 2 aromatic rings. The lowest BCUT2D eigenvalue weighted by Crippen LogP contribution is -2.25. The second-order valence-corrected chi connectivity index (χ2v) is 7.15. The lowest BCUT2D eigenvalue weighted by molar-refractivity contribution is 0.660. The molecule has 0 amide bonds. The number of nitriles is 1. The summed E-state index contributed by atoms with van der Waals surface area (Å²) in [5.41, 5.74) is 1.12. The molecule has 0 atom stereocenters. The van der Waals surface area contributed by atoms with Crippen LogP contribution in [0.15, 0.2) is 12.3 Å². The molecule has 0 aliphatic carbocycles. The summed E-state index contributed by atoms with van der Waals surface area (Å²) in [4.78, 5) is 13.4. The number of nitrogens with one attached hydrogen (secondary N) is 2. The molecular weight excluding hydrogens is 308 g/mol. The molecule has 0 unspecified atom stereocenters. The third-order valence-electron chi connectivity index (χ3n) is 3.66. The van der Waals surface area contributed by atoms with Crippen LogP contribution in [0, 0.1) is 11.3 Å². The van der Waals surface area contributed by atoms with E-state index in [4.69, 9.17) is 5.26 Å². The lowest BCUT2D eigenvalue weighted by Gasteiger charge is -2.22. The molecule has 120 valence electrons. The molecule has 3 rings (SSSR count). The van der Waals surface area contributed by atoms with Gasteiger partial charge in [0.2, 0.25) is 5.95 Å². The minimum absolute atomic E-state index is 0.210. The molecule has 1 aliphatic rings. The van der Waals surface area contributed by atoms with E-state index in [2.05, 4.69) is 31.7 Å². The molecule has 1 saturated heterocycles. The van der Waals surface area contributed by atoms with Crippen LogP contribution in [-0.2, 0) is 0 Å². The lowest BCUT2D eigenvalue weighted by atomic mass is 10.1. The first-order valence-corrected chi connectivity index (χ1v) is 9.00. The van der Waals surface area contributed by atoms with Crippen LogP contribution in [0.25, 0.3) is 10.9 Å². The molecule has 1 aliphatic heterocycles. The van der Waals surface area contributed by atoms with E-state index in [1.165, 1.54) is 11.5 Å². The Hall–Kier alpha value is -2.07. The van der Waals surface area contributed by atoms with Crippen molar-refractivity contribution < 1.29 is 0 Å². The molecule has 3 heterocycles. The maximum Gasteiger partial charge on any atom is 0.223 e. The Morgan fingerprint density at radius 1 is 1.30 bits per heavy atom. The standard InChI is InChI=1S/C16H20N6S/c1-10(2)19-15-14-11(7-13(8-17)20-15)9-18-16(22-14)21-12-3-5-23-6-4-12/h7,9-10,12H,3-6H2,1-2H3,(H,19,20)(H,18,21,22). The summed E-state index contributed by atoms with van der Waals surface area (Å²) >= 11 is 1.99. The van der Waals surface area contributed by atoms with Crippen LogP contribution in [0.4, 0.5) is 11.8 Å². The minimum Gasteiger partial charge on any atom is -0.366 e. The number of hydrogen-bond acceptors (Lipinski definition) is 7. The Morgan fingerprint density at radius 2 is 2.09 bits per heavy atom. The van der Waals surface area contributed by atoms with Crippen LogP contribution in [-0.4, -0.2) is 38.5 Å². The number of rotatable bonds is 4. The first kappa shape index (κ1) is 15.8.